The molecule has 1 aromatic rings. The number of likely N-dealkylation sites (tertiary alicyclic amines) is 1. The molecule has 1 saturated heterocycles. The van der Waals surface area contributed by atoms with E-state index in [2.05, 4.69) is 23.0 Å². The van der Waals surface area contributed by atoms with Gasteiger partial charge in [-0.3, -0.25) is 9.58 Å². The molecule has 4 heteroatoms. The number of rotatable bonds is 3. The van der Waals surface area contributed by atoms with Gasteiger partial charge in [-0.15, -0.1) is 0 Å². The molecule has 1 aliphatic rings. The maximum Gasteiger partial charge on any atom is 0.0794 e. The molecule has 0 spiro atoms. The van der Waals surface area contributed by atoms with E-state index < -0.39 is 0 Å². The molecular weight excluding hydrogens is 178 g/mol. The number of hydrogen-bond donors (Lipinski definition) is 1. The van der Waals surface area contributed by atoms with Crippen molar-refractivity contribution in [3.05, 3.63) is 17.5 Å². The fraction of sp³-hybridized carbons (Fsp3) is 0.700. The molecule has 1 N–H and O–H groups in total. The van der Waals surface area contributed by atoms with Gasteiger partial charge in [0.05, 0.1) is 17.5 Å². The van der Waals surface area contributed by atoms with Gasteiger partial charge in [0.2, 0.25) is 0 Å². The lowest BCUT2D eigenvalue weighted by Gasteiger charge is -2.35. The Kier molecular flexibility index (Phi) is 2.56. The van der Waals surface area contributed by atoms with Crippen LogP contribution >= 0.6 is 0 Å². The van der Waals surface area contributed by atoms with Crippen LogP contribution in [0.1, 0.15) is 18.3 Å². The molecule has 0 aliphatic carbocycles. The highest BCUT2D eigenvalue weighted by Gasteiger charge is 2.24. The highest BCUT2D eigenvalue weighted by molar-refractivity contribution is 5.10. The van der Waals surface area contributed by atoms with E-state index in [1.54, 1.807) is 0 Å². The van der Waals surface area contributed by atoms with Crippen LogP contribution in [-0.4, -0.2) is 39.0 Å². The third kappa shape index (κ3) is 1.81. The van der Waals surface area contributed by atoms with Gasteiger partial charge < -0.3 is 5.11 Å². The standard InChI is InChI=1S/C10H17N3O/c1-3-8-4-9(12(2)11-8)5-13-6-10(14)7-13/h4,10,14H,3,5-7H2,1-2H3. The summed E-state index contributed by atoms with van der Waals surface area (Å²) < 4.78 is 1.93. The minimum Gasteiger partial charge on any atom is -0.390 e. The molecule has 0 saturated carbocycles. The van der Waals surface area contributed by atoms with Crippen LogP contribution in [0.15, 0.2) is 6.07 Å². The molecule has 0 radical (unpaired) electrons. The third-order valence-corrected chi connectivity index (χ3v) is 2.71. The fourth-order valence-corrected chi connectivity index (χ4v) is 1.79. The Morgan fingerprint density at radius 1 is 1.57 bits per heavy atom. The van der Waals surface area contributed by atoms with Crippen LogP contribution in [-0.2, 0) is 20.0 Å². The predicted molar refractivity (Wildman–Crippen MR) is 53.9 cm³/mol. The maximum absolute atomic E-state index is 9.15. The lowest BCUT2D eigenvalue weighted by Crippen LogP contribution is -2.50. The fourth-order valence-electron chi connectivity index (χ4n) is 1.79. The molecule has 0 aromatic carbocycles. The number of aliphatic hydroxyl groups excluding tert-OH is 1. The van der Waals surface area contributed by atoms with Gasteiger partial charge in [0, 0.05) is 26.7 Å². The average molecular weight is 195 g/mol. The minimum atomic E-state index is -0.117. The number of aryl methyl sites for hydroxylation is 2. The molecule has 14 heavy (non-hydrogen) atoms. The summed E-state index contributed by atoms with van der Waals surface area (Å²) in [6.07, 6.45) is 0.866. The molecule has 1 aliphatic heterocycles. The van der Waals surface area contributed by atoms with Crippen LogP contribution in [0.2, 0.25) is 0 Å². The highest BCUT2D eigenvalue weighted by atomic mass is 16.3. The number of aliphatic hydroxyl groups is 1. The van der Waals surface area contributed by atoms with E-state index in [0.717, 1.165) is 31.7 Å². The van der Waals surface area contributed by atoms with Crippen LogP contribution in [0.4, 0.5) is 0 Å². The number of nitrogens with zero attached hydrogens (tertiary/aromatic N) is 3. The van der Waals surface area contributed by atoms with Crippen molar-refractivity contribution in [3.63, 3.8) is 0 Å². The van der Waals surface area contributed by atoms with Crippen molar-refractivity contribution in [2.45, 2.75) is 26.0 Å². The quantitative estimate of drug-likeness (QED) is 0.747. The Balaban J connectivity index is 1.98. The molecule has 0 bridgehead atoms. The van der Waals surface area contributed by atoms with E-state index in [4.69, 9.17) is 5.11 Å². The molecule has 2 heterocycles. The molecule has 0 atom stereocenters. The molecular formula is C10H17N3O. The normalized spacial score (nSPS) is 18.5. The van der Waals surface area contributed by atoms with Gasteiger partial charge in [0.1, 0.15) is 0 Å². The summed E-state index contributed by atoms with van der Waals surface area (Å²) in [5.41, 5.74) is 2.37. The van der Waals surface area contributed by atoms with Crippen molar-refractivity contribution >= 4 is 0 Å². The molecule has 0 amide bonds. The molecule has 4 nitrogen and oxygen atoms in total. The van der Waals surface area contributed by atoms with Crippen LogP contribution in [0, 0.1) is 0 Å². The smallest absolute Gasteiger partial charge is 0.0794 e. The van der Waals surface area contributed by atoms with Crippen molar-refractivity contribution in [1.29, 1.82) is 0 Å². The zero-order valence-electron chi connectivity index (χ0n) is 8.77. The second kappa shape index (κ2) is 3.71. The molecule has 78 valence electrons. The van der Waals surface area contributed by atoms with Crippen LogP contribution in [0.5, 0.6) is 0 Å². The van der Waals surface area contributed by atoms with Gasteiger partial charge in [-0.2, -0.15) is 5.10 Å². The van der Waals surface area contributed by atoms with Crippen molar-refractivity contribution in [3.8, 4) is 0 Å². The summed E-state index contributed by atoms with van der Waals surface area (Å²) >= 11 is 0. The van der Waals surface area contributed by atoms with Crippen LogP contribution < -0.4 is 0 Å². The first-order valence-corrected chi connectivity index (χ1v) is 5.11. The first kappa shape index (κ1) is 9.68. The van der Waals surface area contributed by atoms with Crippen molar-refractivity contribution in [1.82, 2.24) is 14.7 Å². The molecule has 1 aromatic heterocycles. The van der Waals surface area contributed by atoms with Crippen molar-refractivity contribution in [2.75, 3.05) is 13.1 Å². The molecule has 1 fully saturated rings. The Hall–Kier alpha value is -0.870. The summed E-state index contributed by atoms with van der Waals surface area (Å²) in [7, 11) is 1.98. The first-order chi connectivity index (χ1) is 6.69. The SMILES string of the molecule is CCc1cc(CN2CC(O)C2)n(C)n1. The Morgan fingerprint density at radius 2 is 2.29 bits per heavy atom. The number of hydrogen-bond acceptors (Lipinski definition) is 3. The van der Waals surface area contributed by atoms with Crippen molar-refractivity contribution < 1.29 is 5.11 Å². The Labute approximate surface area is 84.1 Å². The number of β-amino-alcohol motifs (C(OH)–C–C–N with tert-alkyl or cyclic N) is 1. The average Bonchev–Trinajstić information content (AvgIpc) is 2.45. The third-order valence-electron chi connectivity index (χ3n) is 2.71. The zero-order valence-corrected chi connectivity index (χ0v) is 8.77. The second-order valence-corrected chi connectivity index (χ2v) is 3.95. The Morgan fingerprint density at radius 3 is 2.79 bits per heavy atom. The van der Waals surface area contributed by atoms with Crippen molar-refractivity contribution in [2.24, 2.45) is 7.05 Å². The van der Waals surface area contributed by atoms with Gasteiger partial charge in [0.25, 0.3) is 0 Å². The summed E-state index contributed by atoms with van der Waals surface area (Å²) in [5.74, 6) is 0. The van der Waals surface area contributed by atoms with E-state index in [9.17, 15) is 0 Å². The van der Waals surface area contributed by atoms with Crippen LogP contribution in [0.25, 0.3) is 0 Å². The van der Waals surface area contributed by atoms with Gasteiger partial charge in [-0.05, 0) is 12.5 Å². The second-order valence-electron chi connectivity index (χ2n) is 3.95. The van der Waals surface area contributed by atoms with E-state index in [0.29, 0.717) is 0 Å². The maximum atomic E-state index is 9.15. The van der Waals surface area contributed by atoms with E-state index in [1.165, 1.54) is 5.69 Å². The van der Waals surface area contributed by atoms with Gasteiger partial charge in [0.15, 0.2) is 0 Å². The van der Waals surface area contributed by atoms with E-state index in [-0.39, 0.29) is 6.10 Å². The summed E-state index contributed by atoms with van der Waals surface area (Å²) in [4.78, 5) is 2.22. The monoisotopic (exact) mass is 195 g/mol. The van der Waals surface area contributed by atoms with Gasteiger partial charge in [-0.1, -0.05) is 6.92 Å². The molecule has 0 unspecified atom stereocenters. The molecule has 2 rings (SSSR count). The predicted octanol–water partition coefficient (Wildman–Crippen LogP) is 0.159. The van der Waals surface area contributed by atoms with E-state index in [1.807, 2.05) is 11.7 Å². The lowest BCUT2D eigenvalue weighted by molar-refractivity contribution is -0.00413. The minimum absolute atomic E-state index is 0.117. The van der Waals surface area contributed by atoms with Gasteiger partial charge in [-0.25, -0.2) is 0 Å². The lowest BCUT2D eigenvalue weighted by atomic mass is 10.1. The van der Waals surface area contributed by atoms with Crippen LogP contribution in [0.3, 0.4) is 0 Å². The first-order valence-electron chi connectivity index (χ1n) is 5.11. The Bertz CT molecular complexity index is 315. The topological polar surface area (TPSA) is 41.3 Å². The summed E-state index contributed by atoms with van der Waals surface area (Å²) in [6, 6.07) is 2.14. The van der Waals surface area contributed by atoms with Gasteiger partial charge >= 0.3 is 0 Å². The number of aromatic nitrogens is 2. The summed E-state index contributed by atoms with van der Waals surface area (Å²) in [5, 5.41) is 13.5. The summed E-state index contributed by atoms with van der Waals surface area (Å²) in [6.45, 7) is 4.61. The highest BCUT2D eigenvalue weighted by Crippen LogP contribution is 2.13. The van der Waals surface area contributed by atoms with E-state index >= 15 is 0 Å². The largest absolute Gasteiger partial charge is 0.390 e. The zero-order chi connectivity index (χ0) is 10.1.